The molecule has 0 saturated carbocycles. The van der Waals surface area contributed by atoms with Crippen LogP contribution in [-0.4, -0.2) is 134 Å². The Morgan fingerprint density at radius 2 is 1.30 bits per heavy atom. The number of hydrogen-bond donors (Lipinski definition) is 6. The van der Waals surface area contributed by atoms with Crippen molar-refractivity contribution in [2.24, 2.45) is 0 Å². The van der Waals surface area contributed by atoms with Gasteiger partial charge in [0, 0.05) is 85.4 Å². The summed E-state index contributed by atoms with van der Waals surface area (Å²) in [7, 11) is -21.1. The zero-order chi connectivity index (χ0) is 54.1. The van der Waals surface area contributed by atoms with Gasteiger partial charge in [-0.15, -0.1) is 0 Å². The molecular weight excluding hydrogens is 1050 g/mol. The molecule has 0 amide bonds. The molecule has 0 fully saturated rings. The second kappa shape index (κ2) is 21.7. The largest absolute Gasteiger partial charge is 0.481 e. The van der Waals surface area contributed by atoms with Gasteiger partial charge in [0.2, 0.25) is 15.7 Å². The zero-order valence-corrected chi connectivity index (χ0v) is 44.6. The molecule has 0 aromatic heterocycles. The number of hydrogen-bond acceptors (Lipinski definition) is 14. The van der Waals surface area contributed by atoms with Gasteiger partial charge in [-0.05, 0) is 105 Å². The Hall–Kier alpha value is -4.97. The lowest BCUT2D eigenvalue weighted by Crippen LogP contribution is -2.31. The molecule has 0 aliphatic carbocycles. The number of unbranched alkanes of at least 4 members (excludes halogenated alkanes) is 2. The van der Waals surface area contributed by atoms with Crippen LogP contribution in [0.2, 0.25) is 0 Å². The number of nitrogens with one attached hydrogen (secondary N) is 1. The van der Waals surface area contributed by atoms with E-state index in [1.54, 1.807) is 49.4 Å². The minimum atomic E-state index is -5.02. The summed E-state index contributed by atoms with van der Waals surface area (Å²) in [6.07, 6.45) is 9.84. The Bertz CT molecular complexity index is 3570. The van der Waals surface area contributed by atoms with E-state index in [-0.39, 0.29) is 67.1 Å². The summed E-state index contributed by atoms with van der Waals surface area (Å²) in [5, 5.41) is 9.55. The molecule has 0 radical (unpaired) electrons. The predicted molar refractivity (Wildman–Crippen MR) is 272 cm³/mol. The van der Waals surface area contributed by atoms with Gasteiger partial charge in [-0.1, -0.05) is 24.3 Å². The van der Waals surface area contributed by atoms with Gasteiger partial charge in [-0.3, -0.25) is 23.0 Å². The number of methoxy groups -OCH3 is 2. The van der Waals surface area contributed by atoms with Crippen molar-refractivity contribution in [3.05, 3.63) is 95.7 Å². The first-order valence-electron chi connectivity index (χ1n) is 22.7. The highest BCUT2D eigenvalue weighted by Crippen LogP contribution is 2.54. The molecule has 4 aromatic carbocycles. The fourth-order valence-electron chi connectivity index (χ4n) is 9.83. The molecule has 26 heteroatoms. The van der Waals surface area contributed by atoms with E-state index < -0.39 is 92.6 Å². The fourth-order valence-corrected chi connectivity index (χ4v) is 13.5. The lowest BCUT2D eigenvalue weighted by Gasteiger charge is -2.30. The molecule has 398 valence electrons. The first kappa shape index (κ1) is 57.3. The van der Waals surface area contributed by atoms with Crippen molar-refractivity contribution < 1.29 is 84.3 Å². The van der Waals surface area contributed by atoms with Crippen LogP contribution in [0, 0.1) is 0 Å². The van der Waals surface area contributed by atoms with Crippen molar-refractivity contribution >= 4 is 95.1 Å². The number of rotatable bonds is 24. The summed E-state index contributed by atoms with van der Waals surface area (Å²) in [5.41, 5.74) is 0.826. The highest BCUT2D eigenvalue weighted by molar-refractivity contribution is 7.90. The molecule has 73 heavy (non-hydrogen) atoms. The van der Waals surface area contributed by atoms with Crippen LogP contribution in [0.15, 0.2) is 104 Å². The van der Waals surface area contributed by atoms with Gasteiger partial charge in [0.05, 0.1) is 39.1 Å². The first-order chi connectivity index (χ1) is 33.9. The second-order valence-corrected chi connectivity index (χ2v) is 25.8. The summed E-state index contributed by atoms with van der Waals surface area (Å²) in [5.74, 6) is -1.60. The highest BCUT2D eigenvalue weighted by atomic mass is 32.2. The van der Waals surface area contributed by atoms with Crippen molar-refractivity contribution in [2.75, 3.05) is 57.7 Å². The third-order valence-electron chi connectivity index (χ3n) is 13.0. The van der Waals surface area contributed by atoms with Crippen LogP contribution in [0.5, 0.6) is 0 Å². The Morgan fingerprint density at radius 1 is 0.699 bits per heavy atom. The molecule has 6 N–H and O–H groups in total. The number of ether oxygens (including phenoxy) is 2. The lowest BCUT2D eigenvalue weighted by molar-refractivity contribution is -0.438. The number of carbonyl (C=O) groups is 1. The average Bonchev–Trinajstić information content (AvgIpc) is 3.64. The minimum absolute atomic E-state index is 0.00585. The molecule has 2 heterocycles. The predicted octanol–water partition coefficient (Wildman–Crippen LogP) is 5.77. The maximum atomic E-state index is 13.8. The first-order valence-corrected chi connectivity index (χ1v) is 30.1. The normalized spacial score (nSPS) is 18.0. The summed E-state index contributed by atoms with van der Waals surface area (Å²) < 4.78 is 183. The smallest absolute Gasteiger partial charge is 0.303 e. The monoisotopic (exact) mass is 1110 g/mol. The second-order valence-electron chi connectivity index (χ2n) is 18.3. The van der Waals surface area contributed by atoms with E-state index in [0.717, 1.165) is 18.2 Å². The number of sulfonamides is 1. The van der Waals surface area contributed by atoms with Crippen LogP contribution >= 0.6 is 0 Å². The fraction of sp³-hybridized carbons (Fsp3) is 0.404. The van der Waals surface area contributed by atoms with E-state index in [4.69, 9.17) is 9.47 Å². The van der Waals surface area contributed by atoms with E-state index >= 15 is 0 Å². The van der Waals surface area contributed by atoms with Gasteiger partial charge in [0.1, 0.15) is 11.4 Å². The summed E-state index contributed by atoms with van der Waals surface area (Å²) in [6.45, 7) is 5.90. The number of carboxylic acid groups (broad SMARTS) is 1. The zero-order valence-electron chi connectivity index (χ0n) is 40.5. The van der Waals surface area contributed by atoms with E-state index in [9.17, 15) is 70.2 Å². The molecule has 6 rings (SSSR count). The molecule has 21 nitrogen and oxygen atoms in total. The molecule has 1 unspecified atom stereocenters. The van der Waals surface area contributed by atoms with Crippen molar-refractivity contribution in [1.29, 1.82) is 0 Å². The van der Waals surface area contributed by atoms with Crippen molar-refractivity contribution in [3.8, 4) is 0 Å². The third-order valence-corrected chi connectivity index (χ3v) is 17.9. The van der Waals surface area contributed by atoms with Crippen molar-refractivity contribution in [1.82, 2.24) is 4.72 Å². The molecule has 0 saturated heterocycles. The van der Waals surface area contributed by atoms with E-state index in [1.807, 2.05) is 23.3 Å². The van der Waals surface area contributed by atoms with Crippen LogP contribution in [0.25, 0.3) is 21.5 Å². The SMILES string of the molecule is COCCNS(=O)(=O)c1cc(S(=O)(=O)O)cc2c3c(ccc12)N(CCOC)/C(=C/C=C/C=C/C1=[N+](CCCCCC(=O)O)c2ccc4c(S(=O)(=O)O)cc(S(=O)(=O)O)cc4c2C1(C)C)C3(C)CCCS(=O)(=O)O. The lowest BCUT2D eigenvalue weighted by atomic mass is 9.75. The van der Waals surface area contributed by atoms with E-state index in [0.29, 0.717) is 65.8 Å². The molecule has 2 aliphatic heterocycles. The topological polar surface area (TPSA) is 326 Å². The number of benzene rings is 4. The highest BCUT2D eigenvalue weighted by Gasteiger charge is 2.47. The van der Waals surface area contributed by atoms with Crippen LogP contribution in [0.1, 0.15) is 70.4 Å². The Balaban J connectivity index is 1.53. The van der Waals surface area contributed by atoms with Crippen LogP contribution in [0.4, 0.5) is 11.4 Å². The van der Waals surface area contributed by atoms with Crippen LogP contribution < -0.4 is 9.62 Å². The maximum absolute atomic E-state index is 13.8. The number of allylic oxidation sites excluding steroid dienone is 6. The summed E-state index contributed by atoms with van der Waals surface area (Å²) >= 11 is 0. The molecule has 0 spiro atoms. The third kappa shape index (κ3) is 12.4. The Kier molecular flexibility index (Phi) is 17.0. The van der Waals surface area contributed by atoms with Crippen molar-refractivity contribution in [2.45, 2.75) is 89.7 Å². The Labute approximate surface area is 424 Å². The molecule has 4 aromatic rings. The number of aliphatic carboxylic acids is 1. The molecule has 2 aliphatic rings. The van der Waals surface area contributed by atoms with Gasteiger partial charge in [-0.25, -0.2) is 13.1 Å². The van der Waals surface area contributed by atoms with Crippen molar-refractivity contribution in [3.63, 3.8) is 0 Å². The minimum Gasteiger partial charge on any atom is -0.481 e. The average molecular weight is 1110 g/mol. The molecule has 0 bridgehead atoms. The number of fused-ring (bicyclic) bond motifs is 6. The standard InChI is InChI=1S/C47H57N3O18S5/c1-46(2)41(49(22-11-7-10-15-43(51)52)37-18-17-34-35(44(37)46)27-32(72(61,62)63)30-40(34)73(64,65)66)13-8-6-9-14-42-47(3,20-12-26-69(53,54)55)45-36-28-31(71(58,59)60)29-39(70(56,57)48-21-24-67-4)33(36)16-19-38(45)50(42)23-25-68-5/h6,8-9,13-14,16-19,27-30,48H,7,10-12,15,20-26H2,1-5H3,(H4-,51,52,53,54,55,58,59,60,61,62,63,64,65,66)/p+1. The van der Waals surface area contributed by atoms with E-state index in [1.165, 1.54) is 26.4 Å². The summed E-state index contributed by atoms with van der Waals surface area (Å²) in [6, 6.07) is 10.0. The van der Waals surface area contributed by atoms with Gasteiger partial charge < -0.3 is 19.5 Å². The van der Waals surface area contributed by atoms with Gasteiger partial charge in [-0.2, -0.15) is 38.2 Å². The van der Waals surface area contributed by atoms with Gasteiger partial charge >= 0.3 is 5.97 Å². The van der Waals surface area contributed by atoms with Gasteiger partial charge in [0.15, 0.2) is 5.71 Å². The Morgan fingerprint density at radius 3 is 1.89 bits per heavy atom. The number of carboxylic acids is 1. The van der Waals surface area contributed by atoms with Crippen LogP contribution in [-0.2, 0) is 75.6 Å². The molecular formula is C47H58N3O18S5+. The maximum Gasteiger partial charge on any atom is 0.303 e. The quantitative estimate of drug-likeness (QED) is 0.0210. The molecule has 1 atom stereocenters. The van der Waals surface area contributed by atoms with Gasteiger partial charge in [0.25, 0.3) is 40.5 Å². The van der Waals surface area contributed by atoms with E-state index in [2.05, 4.69) is 4.72 Å². The number of anilines is 1. The van der Waals surface area contributed by atoms with Crippen LogP contribution in [0.3, 0.4) is 0 Å². The number of nitrogens with zero attached hydrogens (tertiary/aromatic N) is 2. The summed E-state index contributed by atoms with van der Waals surface area (Å²) in [4.78, 5) is 10.4.